The number of fused-ring (bicyclic) bond motifs is 1. The third-order valence-corrected chi connectivity index (χ3v) is 3.33. The summed E-state index contributed by atoms with van der Waals surface area (Å²) in [6.07, 6.45) is -2.42. The van der Waals surface area contributed by atoms with E-state index in [1.165, 1.54) is 12.1 Å². The average molecular weight is 291 g/mol. The van der Waals surface area contributed by atoms with Gasteiger partial charge in [-0.1, -0.05) is 30.3 Å². The van der Waals surface area contributed by atoms with Crippen molar-refractivity contribution in [1.82, 2.24) is 5.32 Å². The minimum absolute atomic E-state index is 0.0505. The Hall–Kier alpha value is -2.14. The smallest absolute Gasteiger partial charge is 0.263 e. The van der Waals surface area contributed by atoms with Crippen molar-refractivity contribution < 1.29 is 18.3 Å². The maximum atomic E-state index is 12.4. The van der Waals surface area contributed by atoms with Crippen LogP contribution in [0.15, 0.2) is 42.5 Å². The van der Waals surface area contributed by atoms with Crippen molar-refractivity contribution in [2.24, 2.45) is 0 Å². The van der Waals surface area contributed by atoms with Gasteiger partial charge in [-0.25, -0.2) is 8.78 Å². The molecule has 2 aromatic rings. The zero-order valence-corrected chi connectivity index (χ0v) is 11.3. The molecule has 0 aliphatic carbocycles. The number of hydrogen-bond donors (Lipinski definition) is 1. The summed E-state index contributed by atoms with van der Waals surface area (Å²) in [5.41, 5.74) is 2.11. The molecule has 0 bridgehead atoms. The maximum Gasteiger partial charge on any atom is 0.263 e. The highest BCUT2D eigenvalue weighted by Gasteiger charge is 2.12. The lowest BCUT2D eigenvalue weighted by molar-refractivity contribution is 0.151. The summed E-state index contributed by atoms with van der Waals surface area (Å²) in [7, 11) is 0. The van der Waals surface area contributed by atoms with E-state index >= 15 is 0 Å². The molecule has 1 heterocycles. The first-order valence-corrected chi connectivity index (χ1v) is 6.68. The first-order chi connectivity index (χ1) is 10.2. The number of halogens is 2. The predicted octanol–water partition coefficient (Wildman–Crippen LogP) is 3.64. The third-order valence-electron chi connectivity index (χ3n) is 3.33. The van der Waals surface area contributed by atoms with Crippen LogP contribution in [0.3, 0.4) is 0 Å². The minimum Gasteiger partial charge on any atom is -0.454 e. The van der Waals surface area contributed by atoms with E-state index in [1.807, 2.05) is 18.2 Å². The zero-order valence-electron chi connectivity index (χ0n) is 11.3. The van der Waals surface area contributed by atoms with E-state index in [2.05, 4.69) is 5.32 Å². The summed E-state index contributed by atoms with van der Waals surface area (Å²) in [5.74, 6) is 1.52. The predicted molar refractivity (Wildman–Crippen MR) is 74.5 cm³/mol. The van der Waals surface area contributed by atoms with Crippen LogP contribution in [0.2, 0.25) is 0 Å². The van der Waals surface area contributed by atoms with Gasteiger partial charge in [0.05, 0.1) is 0 Å². The monoisotopic (exact) mass is 291 g/mol. The van der Waals surface area contributed by atoms with Gasteiger partial charge in [-0.15, -0.1) is 0 Å². The maximum absolute atomic E-state index is 12.4. The molecule has 0 radical (unpaired) electrons. The lowest BCUT2D eigenvalue weighted by Crippen LogP contribution is -2.12. The first kappa shape index (κ1) is 13.8. The highest BCUT2D eigenvalue weighted by Crippen LogP contribution is 2.32. The number of benzene rings is 2. The normalized spacial score (nSPS) is 12.9. The van der Waals surface area contributed by atoms with Gasteiger partial charge in [0.1, 0.15) is 0 Å². The van der Waals surface area contributed by atoms with E-state index in [1.54, 1.807) is 12.1 Å². The van der Waals surface area contributed by atoms with Gasteiger partial charge in [0.2, 0.25) is 6.79 Å². The van der Waals surface area contributed by atoms with Crippen LogP contribution >= 0.6 is 0 Å². The molecule has 0 atom stereocenters. The number of hydrogen-bond acceptors (Lipinski definition) is 3. The lowest BCUT2D eigenvalue weighted by Gasteiger charge is -2.07. The van der Waals surface area contributed by atoms with Crippen molar-refractivity contribution in [3.8, 4) is 11.5 Å². The van der Waals surface area contributed by atoms with Gasteiger partial charge in [0, 0.05) is 18.7 Å². The summed E-state index contributed by atoms with van der Waals surface area (Å²) >= 11 is 0. The van der Waals surface area contributed by atoms with Crippen LogP contribution in [-0.2, 0) is 13.1 Å². The molecule has 21 heavy (non-hydrogen) atoms. The van der Waals surface area contributed by atoms with Gasteiger partial charge in [0.15, 0.2) is 11.5 Å². The second kappa shape index (κ2) is 6.10. The molecule has 1 aliphatic rings. The second-order valence-electron chi connectivity index (χ2n) is 4.83. The van der Waals surface area contributed by atoms with Gasteiger partial charge in [-0.3, -0.25) is 0 Å². The molecule has 0 aromatic heterocycles. The number of rotatable bonds is 5. The summed E-state index contributed by atoms with van der Waals surface area (Å²) in [4.78, 5) is 0. The molecule has 0 saturated heterocycles. The fourth-order valence-electron chi connectivity index (χ4n) is 2.18. The van der Waals surface area contributed by atoms with E-state index in [0.29, 0.717) is 13.1 Å². The number of ether oxygens (including phenoxy) is 2. The lowest BCUT2D eigenvalue weighted by atomic mass is 10.1. The average Bonchev–Trinajstić information content (AvgIpc) is 2.95. The van der Waals surface area contributed by atoms with Crippen LogP contribution in [0.5, 0.6) is 11.5 Å². The van der Waals surface area contributed by atoms with E-state index in [0.717, 1.165) is 22.6 Å². The molecule has 5 heteroatoms. The largest absolute Gasteiger partial charge is 0.454 e. The van der Waals surface area contributed by atoms with E-state index in [4.69, 9.17) is 9.47 Å². The Morgan fingerprint density at radius 2 is 1.57 bits per heavy atom. The van der Waals surface area contributed by atoms with Crippen LogP contribution in [0.1, 0.15) is 23.1 Å². The Morgan fingerprint density at radius 3 is 2.33 bits per heavy atom. The fourth-order valence-corrected chi connectivity index (χ4v) is 2.18. The van der Waals surface area contributed by atoms with Crippen molar-refractivity contribution in [1.29, 1.82) is 0 Å². The third kappa shape index (κ3) is 3.31. The van der Waals surface area contributed by atoms with Crippen LogP contribution < -0.4 is 14.8 Å². The Labute approximate surface area is 121 Å². The zero-order chi connectivity index (χ0) is 14.7. The molecule has 1 aliphatic heterocycles. The molecule has 0 saturated carbocycles. The SMILES string of the molecule is FC(F)c1ccc(CNCc2ccc3c(c2)OCO3)cc1. The Bertz CT molecular complexity index is 614. The molecule has 0 spiro atoms. The van der Waals surface area contributed by atoms with Gasteiger partial charge >= 0.3 is 0 Å². The standard InChI is InChI=1S/C16H15F2NO2/c17-16(18)13-4-1-11(2-5-13)8-19-9-12-3-6-14-15(7-12)21-10-20-14/h1-7,16,19H,8-10H2. The molecular weight excluding hydrogens is 276 g/mol. The molecule has 0 fully saturated rings. The second-order valence-corrected chi connectivity index (χ2v) is 4.83. The van der Waals surface area contributed by atoms with E-state index in [-0.39, 0.29) is 12.4 Å². The van der Waals surface area contributed by atoms with Crippen LogP contribution in [0.4, 0.5) is 8.78 Å². The Kier molecular flexibility index (Phi) is 4.01. The highest BCUT2D eigenvalue weighted by molar-refractivity contribution is 5.44. The van der Waals surface area contributed by atoms with Gasteiger partial charge < -0.3 is 14.8 Å². The highest BCUT2D eigenvalue weighted by atomic mass is 19.3. The molecule has 3 nitrogen and oxygen atoms in total. The van der Waals surface area contributed by atoms with E-state index in [9.17, 15) is 8.78 Å². The molecule has 110 valence electrons. The number of alkyl halides is 2. The van der Waals surface area contributed by atoms with Crippen LogP contribution in [-0.4, -0.2) is 6.79 Å². The molecule has 0 amide bonds. The topological polar surface area (TPSA) is 30.5 Å². The van der Waals surface area contributed by atoms with Crippen molar-refractivity contribution in [2.45, 2.75) is 19.5 Å². The molecule has 0 unspecified atom stereocenters. The summed E-state index contributed by atoms with van der Waals surface area (Å²) in [6, 6.07) is 12.2. The molecule has 2 aromatic carbocycles. The number of nitrogens with one attached hydrogen (secondary N) is 1. The summed E-state index contributed by atoms with van der Waals surface area (Å²) in [6.45, 7) is 1.56. The minimum atomic E-state index is -2.42. The quantitative estimate of drug-likeness (QED) is 0.912. The van der Waals surface area contributed by atoms with Gasteiger partial charge in [-0.05, 0) is 23.3 Å². The fraction of sp³-hybridized carbons (Fsp3) is 0.250. The Balaban J connectivity index is 1.54. The van der Waals surface area contributed by atoms with Crippen LogP contribution in [0, 0.1) is 0 Å². The summed E-state index contributed by atoms with van der Waals surface area (Å²) in [5, 5.41) is 3.27. The van der Waals surface area contributed by atoms with Gasteiger partial charge in [-0.2, -0.15) is 0 Å². The van der Waals surface area contributed by atoms with Crippen molar-refractivity contribution in [3.63, 3.8) is 0 Å². The Morgan fingerprint density at radius 1 is 0.905 bits per heavy atom. The molecule has 1 N–H and O–H groups in total. The van der Waals surface area contributed by atoms with Crippen LogP contribution in [0.25, 0.3) is 0 Å². The molecular formula is C16H15F2NO2. The van der Waals surface area contributed by atoms with E-state index < -0.39 is 6.43 Å². The van der Waals surface area contributed by atoms with Crippen molar-refractivity contribution in [2.75, 3.05) is 6.79 Å². The first-order valence-electron chi connectivity index (χ1n) is 6.68. The molecule has 3 rings (SSSR count). The van der Waals surface area contributed by atoms with Gasteiger partial charge in [0.25, 0.3) is 6.43 Å². The van der Waals surface area contributed by atoms with Crippen molar-refractivity contribution >= 4 is 0 Å². The van der Waals surface area contributed by atoms with Crippen molar-refractivity contribution in [3.05, 3.63) is 59.2 Å². The summed E-state index contributed by atoms with van der Waals surface area (Å²) < 4.78 is 35.5.